The molecule has 27 heavy (non-hydrogen) atoms. The lowest BCUT2D eigenvalue weighted by Gasteiger charge is -2.13. The number of ether oxygens (including phenoxy) is 3. The van der Waals surface area contributed by atoms with E-state index in [0.29, 0.717) is 30.3 Å². The molecule has 0 spiro atoms. The molecule has 0 aliphatic rings. The summed E-state index contributed by atoms with van der Waals surface area (Å²) in [6.07, 6.45) is 2.46. The van der Waals surface area contributed by atoms with Crippen LogP contribution in [0.1, 0.15) is 23.6 Å². The van der Waals surface area contributed by atoms with Gasteiger partial charge in [0, 0.05) is 0 Å². The summed E-state index contributed by atoms with van der Waals surface area (Å²) >= 11 is 0. The quantitative estimate of drug-likeness (QED) is 0.512. The Balaban J connectivity index is 1.98. The third kappa shape index (κ3) is 5.80. The number of nitrogens with zero attached hydrogens (tertiary/aromatic N) is 2. The van der Waals surface area contributed by atoms with Gasteiger partial charge in [0.2, 0.25) is 0 Å². The lowest BCUT2D eigenvalue weighted by atomic mass is 10.1. The number of allylic oxidation sites excluding steroid dienone is 1. The van der Waals surface area contributed by atoms with Crippen molar-refractivity contribution in [3.05, 3.63) is 58.7 Å². The Labute approximate surface area is 160 Å². The zero-order valence-corrected chi connectivity index (χ0v) is 15.8. The van der Waals surface area contributed by atoms with Crippen molar-refractivity contribution in [3.8, 4) is 29.4 Å². The highest BCUT2D eigenvalue weighted by molar-refractivity contribution is 5.64. The van der Waals surface area contributed by atoms with E-state index in [9.17, 15) is 0 Å². The van der Waals surface area contributed by atoms with Gasteiger partial charge >= 0.3 is 0 Å². The van der Waals surface area contributed by atoms with Gasteiger partial charge in [-0.3, -0.25) is 0 Å². The summed E-state index contributed by atoms with van der Waals surface area (Å²) in [5.74, 6) is 1.94. The van der Waals surface area contributed by atoms with E-state index < -0.39 is 0 Å². The molecule has 0 bridgehead atoms. The van der Waals surface area contributed by atoms with Crippen LogP contribution < -0.4 is 14.2 Å². The molecule has 2 aromatic carbocycles. The molecular formula is C22H22N2O3. The predicted molar refractivity (Wildman–Crippen MR) is 104 cm³/mol. The van der Waals surface area contributed by atoms with Crippen LogP contribution in [0.4, 0.5) is 0 Å². The fraction of sp³-hybridized carbons (Fsp3) is 0.273. The predicted octanol–water partition coefficient (Wildman–Crippen LogP) is 4.45. The summed E-state index contributed by atoms with van der Waals surface area (Å²) in [6.45, 7) is 4.93. The van der Waals surface area contributed by atoms with Crippen LogP contribution in [0.2, 0.25) is 0 Å². The maximum atomic E-state index is 8.85. The number of hydrogen-bond acceptors (Lipinski definition) is 5. The highest BCUT2D eigenvalue weighted by atomic mass is 16.5. The molecule has 2 aromatic rings. The monoisotopic (exact) mass is 362 g/mol. The first-order valence-electron chi connectivity index (χ1n) is 8.65. The molecule has 0 saturated carbocycles. The van der Waals surface area contributed by atoms with Crippen molar-refractivity contribution in [3.63, 3.8) is 0 Å². The molecule has 5 nitrogen and oxygen atoms in total. The van der Waals surface area contributed by atoms with Gasteiger partial charge in [-0.15, -0.1) is 0 Å². The number of nitriles is 2. The molecule has 0 unspecified atom stereocenters. The van der Waals surface area contributed by atoms with E-state index in [0.717, 1.165) is 12.2 Å². The van der Waals surface area contributed by atoms with Gasteiger partial charge in [0.1, 0.15) is 36.7 Å². The molecule has 138 valence electrons. The van der Waals surface area contributed by atoms with Gasteiger partial charge in [-0.25, -0.2) is 0 Å². The molecule has 0 aliphatic carbocycles. The van der Waals surface area contributed by atoms with Gasteiger partial charge in [-0.05, 0) is 60.4 Å². The molecule has 0 heterocycles. The normalized spacial score (nSPS) is 9.67. The second-order valence-electron chi connectivity index (χ2n) is 5.90. The SMILES string of the molecule is CCc1cc(C)cc(OCCOc2ccc(C=C(C#N)C#N)cc2OC)c1. The maximum absolute atomic E-state index is 8.85. The molecule has 0 N–H and O–H groups in total. The van der Waals surface area contributed by atoms with Gasteiger partial charge in [0.25, 0.3) is 0 Å². The summed E-state index contributed by atoms with van der Waals surface area (Å²) in [6, 6.07) is 15.1. The maximum Gasteiger partial charge on any atom is 0.161 e. The summed E-state index contributed by atoms with van der Waals surface area (Å²) in [7, 11) is 1.54. The molecule has 0 amide bonds. The fourth-order valence-electron chi connectivity index (χ4n) is 2.57. The van der Waals surface area contributed by atoms with E-state index in [1.165, 1.54) is 17.2 Å². The van der Waals surface area contributed by atoms with Gasteiger partial charge in [-0.1, -0.05) is 19.1 Å². The van der Waals surface area contributed by atoms with Crippen molar-refractivity contribution < 1.29 is 14.2 Å². The van der Waals surface area contributed by atoms with Crippen molar-refractivity contribution in [2.24, 2.45) is 0 Å². The molecule has 0 fully saturated rings. The molecule has 5 heteroatoms. The van der Waals surface area contributed by atoms with Crippen LogP contribution in [0, 0.1) is 29.6 Å². The van der Waals surface area contributed by atoms with Crippen LogP contribution in [0.25, 0.3) is 6.08 Å². The van der Waals surface area contributed by atoms with Crippen molar-refractivity contribution in [2.75, 3.05) is 20.3 Å². The summed E-state index contributed by atoms with van der Waals surface area (Å²) in [5, 5.41) is 17.7. The third-order valence-electron chi connectivity index (χ3n) is 3.87. The summed E-state index contributed by atoms with van der Waals surface area (Å²) in [5.41, 5.74) is 3.14. The second-order valence-corrected chi connectivity index (χ2v) is 5.90. The van der Waals surface area contributed by atoms with Crippen LogP contribution in [0.5, 0.6) is 17.2 Å². The molecular weight excluding hydrogens is 340 g/mol. The minimum Gasteiger partial charge on any atom is -0.493 e. The standard InChI is InChI=1S/C22H22N2O3/c1-4-17-9-16(2)10-20(12-17)26-7-8-27-21-6-5-18(13-22(21)25-3)11-19(14-23)15-24/h5-6,9-13H,4,7-8H2,1-3H3. The number of rotatable bonds is 8. The zero-order valence-electron chi connectivity index (χ0n) is 15.8. The van der Waals surface area contributed by atoms with Crippen LogP contribution in [-0.2, 0) is 6.42 Å². The molecule has 0 aliphatic heterocycles. The smallest absolute Gasteiger partial charge is 0.161 e. The Morgan fingerprint density at radius 1 is 1.00 bits per heavy atom. The van der Waals surface area contributed by atoms with Crippen LogP contribution in [-0.4, -0.2) is 20.3 Å². The first kappa shape index (κ1) is 19.9. The minimum atomic E-state index is 0.0312. The van der Waals surface area contributed by atoms with E-state index in [1.54, 1.807) is 25.3 Å². The number of hydrogen-bond donors (Lipinski definition) is 0. The molecule has 0 saturated heterocycles. The minimum absolute atomic E-state index is 0.0312. The first-order valence-corrected chi connectivity index (χ1v) is 8.65. The van der Waals surface area contributed by atoms with Gasteiger partial charge in [0.05, 0.1) is 7.11 Å². The number of benzene rings is 2. The van der Waals surface area contributed by atoms with E-state index in [4.69, 9.17) is 24.7 Å². The highest BCUT2D eigenvalue weighted by Crippen LogP contribution is 2.29. The molecule has 0 radical (unpaired) electrons. The second kappa shape index (κ2) is 9.89. The number of methoxy groups -OCH3 is 1. The van der Waals surface area contributed by atoms with Crippen molar-refractivity contribution in [2.45, 2.75) is 20.3 Å². The highest BCUT2D eigenvalue weighted by Gasteiger charge is 2.06. The fourth-order valence-corrected chi connectivity index (χ4v) is 2.57. The first-order chi connectivity index (χ1) is 13.1. The van der Waals surface area contributed by atoms with Crippen LogP contribution in [0.15, 0.2) is 42.0 Å². The van der Waals surface area contributed by atoms with Gasteiger partial charge in [-0.2, -0.15) is 10.5 Å². The number of aryl methyl sites for hydroxylation is 2. The lowest BCUT2D eigenvalue weighted by Crippen LogP contribution is -2.10. The van der Waals surface area contributed by atoms with Crippen molar-refractivity contribution in [1.82, 2.24) is 0 Å². The van der Waals surface area contributed by atoms with E-state index >= 15 is 0 Å². The van der Waals surface area contributed by atoms with E-state index in [-0.39, 0.29) is 5.57 Å². The van der Waals surface area contributed by atoms with E-state index in [2.05, 4.69) is 13.0 Å². The molecule has 0 aromatic heterocycles. The lowest BCUT2D eigenvalue weighted by molar-refractivity contribution is 0.211. The average Bonchev–Trinajstić information content (AvgIpc) is 2.69. The summed E-state index contributed by atoms with van der Waals surface area (Å²) < 4.78 is 16.9. The summed E-state index contributed by atoms with van der Waals surface area (Å²) in [4.78, 5) is 0. The third-order valence-corrected chi connectivity index (χ3v) is 3.87. The zero-order chi connectivity index (χ0) is 19.6. The van der Waals surface area contributed by atoms with Crippen LogP contribution in [0.3, 0.4) is 0 Å². The van der Waals surface area contributed by atoms with Crippen LogP contribution >= 0.6 is 0 Å². The van der Waals surface area contributed by atoms with Gasteiger partial charge in [0.15, 0.2) is 11.5 Å². The van der Waals surface area contributed by atoms with Crippen molar-refractivity contribution in [1.29, 1.82) is 10.5 Å². The topological polar surface area (TPSA) is 75.3 Å². The Hall–Kier alpha value is -3.44. The molecule has 0 atom stereocenters. The Bertz CT molecular complexity index is 889. The Morgan fingerprint density at radius 3 is 2.41 bits per heavy atom. The Kier molecular flexibility index (Phi) is 7.28. The van der Waals surface area contributed by atoms with E-state index in [1.807, 2.05) is 31.2 Å². The van der Waals surface area contributed by atoms with Crippen molar-refractivity contribution >= 4 is 6.08 Å². The Morgan fingerprint density at radius 2 is 1.74 bits per heavy atom. The molecule has 2 rings (SSSR count). The largest absolute Gasteiger partial charge is 0.493 e. The van der Waals surface area contributed by atoms with Gasteiger partial charge < -0.3 is 14.2 Å². The average molecular weight is 362 g/mol.